The second-order valence-electron chi connectivity index (χ2n) is 10.4. The van der Waals surface area contributed by atoms with Crippen molar-refractivity contribution in [3.8, 4) is 22.3 Å². The van der Waals surface area contributed by atoms with E-state index in [0.29, 0.717) is 34.6 Å². The Balaban J connectivity index is 1.42. The smallest absolute Gasteiger partial charge is 0.166 e. The van der Waals surface area contributed by atoms with Gasteiger partial charge in [-0.15, -0.1) is 0 Å². The van der Waals surface area contributed by atoms with E-state index in [1.165, 1.54) is 25.7 Å². The Morgan fingerprint density at radius 3 is 2.18 bits per heavy atom. The Labute approximate surface area is 225 Å². The van der Waals surface area contributed by atoms with Gasteiger partial charge in [-0.3, -0.25) is 0 Å². The maximum Gasteiger partial charge on any atom is 0.166 e. The first kappa shape index (κ1) is 28.2. The molecule has 0 spiro atoms. The molecule has 1 heterocycles. The van der Waals surface area contributed by atoms with Crippen molar-refractivity contribution in [2.24, 2.45) is 5.92 Å². The van der Waals surface area contributed by atoms with Gasteiger partial charge in [-0.1, -0.05) is 100 Å². The molecular weight excluding hydrogens is 481 g/mol. The van der Waals surface area contributed by atoms with E-state index in [2.05, 4.69) is 13.8 Å². The normalized spacial score (nSPS) is 17.8. The van der Waals surface area contributed by atoms with Crippen LogP contribution in [0.3, 0.4) is 0 Å². The molecule has 1 fully saturated rings. The third kappa shape index (κ3) is 6.96. The largest absolute Gasteiger partial charge is 0.373 e. The second kappa shape index (κ2) is 13.8. The number of benzene rings is 3. The van der Waals surface area contributed by atoms with Gasteiger partial charge in [0, 0.05) is 11.1 Å². The number of ether oxygens (including phenoxy) is 1. The molecule has 38 heavy (non-hydrogen) atoms. The molecule has 0 bridgehead atoms. The molecule has 3 aromatic rings. The van der Waals surface area contributed by atoms with Crippen molar-refractivity contribution in [1.82, 2.24) is 0 Å². The highest BCUT2D eigenvalue weighted by Gasteiger charge is 2.23. The summed E-state index contributed by atoms with van der Waals surface area (Å²) in [7, 11) is 0. The van der Waals surface area contributed by atoms with Gasteiger partial charge in [-0.2, -0.15) is 0 Å². The fourth-order valence-corrected chi connectivity index (χ4v) is 5.24. The van der Waals surface area contributed by atoms with E-state index in [9.17, 15) is 8.78 Å². The zero-order valence-corrected chi connectivity index (χ0v) is 22.6. The summed E-state index contributed by atoms with van der Waals surface area (Å²) in [4.78, 5) is 0. The lowest BCUT2D eigenvalue weighted by Gasteiger charge is -2.29. The van der Waals surface area contributed by atoms with Crippen LogP contribution in [-0.2, 0) is 11.2 Å². The van der Waals surface area contributed by atoms with E-state index in [1.807, 2.05) is 18.2 Å². The molecule has 0 amide bonds. The number of hydrogen-bond acceptors (Lipinski definition) is 1. The van der Waals surface area contributed by atoms with Crippen LogP contribution in [0.25, 0.3) is 22.3 Å². The molecule has 2 atom stereocenters. The first-order chi connectivity index (χ1) is 18.5. The molecule has 0 radical (unpaired) electrons. The van der Waals surface area contributed by atoms with E-state index in [4.69, 9.17) is 4.74 Å². The molecule has 1 saturated heterocycles. The second-order valence-corrected chi connectivity index (χ2v) is 10.4. The topological polar surface area (TPSA) is 9.23 Å². The summed E-state index contributed by atoms with van der Waals surface area (Å²) in [5.41, 5.74) is 3.14. The van der Waals surface area contributed by atoms with Crippen LogP contribution in [0.5, 0.6) is 0 Å². The number of unbranched alkanes of at least 4 members (excludes halogenated alkanes) is 3. The highest BCUT2D eigenvalue weighted by Crippen LogP contribution is 2.35. The van der Waals surface area contributed by atoms with Crippen LogP contribution >= 0.6 is 0 Å². The van der Waals surface area contributed by atoms with Crippen LogP contribution in [-0.4, -0.2) is 6.61 Å². The van der Waals surface area contributed by atoms with Crippen molar-refractivity contribution >= 4 is 0 Å². The lowest BCUT2D eigenvalue weighted by atomic mass is 9.90. The number of allylic oxidation sites excluding steroid dienone is 2. The summed E-state index contributed by atoms with van der Waals surface area (Å²) in [6, 6.07) is 15.5. The third-order valence-corrected chi connectivity index (χ3v) is 7.58. The molecule has 2 unspecified atom stereocenters. The lowest BCUT2D eigenvalue weighted by Crippen LogP contribution is -2.20. The van der Waals surface area contributed by atoms with Crippen LogP contribution in [0.4, 0.5) is 13.2 Å². The van der Waals surface area contributed by atoms with Crippen LogP contribution < -0.4 is 0 Å². The number of rotatable bonds is 11. The van der Waals surface area contributed by atoms with Gasteiger partial charge < -0.3 is 4.74 Å². The van der Waals surface area contributed by atoms with Crippen molar-refractivity contribution in [2.45, 2.75) is 77.7 Å². The van der Waals surface area contributed by atoms with Crippen molar-refractivity contribution in [3.63, 3.8) is 0 Å². The fourth-order valence-electron chi connectivity index (χ4n) is 5.24. The molecule has 202 valence electrons. The standard InChI is InChI=1S/C34H39F3O/c1-3-5-7-9-11-27-17-20-30(34(37)33(27)36)26-15-13-25(14-16-26)29-19-18-28(22-31(29)35)32-21-12-24(23-38-32)10-8-6-4-2/h7,9,13-20,22,24,32H,3-6,8,10-12,21,23H2,1-2H3/b9-7-. The first-order valence-electron chi connectivity index (χ1n) is 14.2. The molecule has 0 N–H and O–H groups in total. The average molecular weight is 521 g/mol. The summed E-state index contributed by atoms with van der Waals surface area (Å²) in [6.07, 6.45) is 13.1. The molecule has 1 aliphatic rings. The molecule has 3 aromatic carbocycles. The predicted octanol–water partition coefficient (Wildman–Crippen LogP) is 10.4. The van der Waals surface area contributed by atoms with Gasteiger partial charge in [-0.05, 0) is 66.3 Å². The Morgan fingerprint density at radius 2 is 1.53 bits per heavy atom. The maximum absolute atomic E-state index is 15.1. The Hall–Kier alpha value is -2.85. The average Bonchev–Trinajstić information content (AvgIpc) is 2.94. The van der Waals surface area contributed by atoms with E-state index < -0.39 is 11.6 Å². The van der Waals surface area contributed by atoms with Crippen molar-refractivity contribution in [1.29, 1.82) is 0 Å². The molecule has 0 aromatic heterocycles. The van der Waals surface area contributed by atoms with Crippen molar-refractivity contribution < 1.29 is 17.9 Å². The van der Waals surface area contributed by atoms with E-state index in [-0.39, 0.29) is 17.5 Å². The van der Waals surface area contributed by atoms with Crippen LogP contribution in [0, 0.1) is 23.4 Å². The molecule has 4 rings (SSSR count). The van der Waals surface area contributed by atoms with E-state index >= 15 is 4.39 Å². The van der Waals surface area contributed by atoms with Gasteiger partial charge in [-0.25, -0.2) is 13.2 Å². The third-order valence-electron chi connectivity index (χ3n) is 7.58. The van der Waals surface area contributed by atoms with Gasteiger partial charge >= 0.3 is 0 Å². The summed E-state index contributed by atoms with van der Waals surface area (Å²) in [5.74, 6) is -1.36. The minimum atomic E-state index is -0.852. The molecule has 0 aliphatic carbocycles. The molecule has 0 saturated carbocycles. The SMILES string of the molecule is CCC/C=C\Cc1ccc(-c2ccc(-c3ccc(C4CCC(CCCCC)CO4)cc3F)cc2)c(F)c1F. The van der Waals surface area contributed by atoms with Gasteiger partial charge in [0.2, 0.25) is 0 Å². The summed E-state index contributed by atoms with van der Waals surface area (Å²) in [6.45, 7) is 5.03. The molecular formula is C34H39F3O. The minimum Gasteiger partial charge on any atom is -0.373 e. The first-order valence-corrected chi connectivity index (χ1v) is 14.2. The Kier molecular flexibility index (Phi) is 10.2. The van der Waals surface area contributed by atoms with E-state index in [0.717, 1.165) is 37.9 Å². The molecule has 1 aliphatic heterocycles. The highest BCUT2D eigenvalue weighted by molar-refractivity contribution is 5.71. The molecule has 1 nitrogen and oxygen atoms in total. The monoisotopic (exact) mass is 520 g/mol. The van der Waals surface area contributed by atoms with Crippen LogP contribution in [0.2, 0.25) is 0 Å². The van der Waals surface area contributed by atoms with Gasteiger partial charge in [0.15, 0.2) is 11.6 Å². The summed E-state index contributed by atoms with van der Waals surface area (Å²) >= 11 is 0. The van der Waals surface area contributed by atoms with Gasteiger partial charge in [0.05, 0.1) is 12.7 Å². The predicted molar refractivity (Wildman–Crippen MR) is 150 cm³/mol. The Morgan fingerprint density at radius 1 is 0.789 bits per heavy atom. The van der Waals surface area contributed by atoms with Crippen molar-refractivity contribution in [3.05, 3.63) is 95.3 Å². The Bertz CT molecular complexity index is 1210. The maximum atomic E-state index is 15.1. The van der Waals surface area contributed by atoms with E-state index in [1.54, 1.807) is 48.5 Å². The molecule has 4 heteroatoms. The number of halogens is 3. The van der Waals surface area contributed by atoms with Crippen LogP contribution in [0.15, 0.2) is 66.7 Å². The van der Waals surface area contributed by atoms with Crippen LogP contribution in [0.1, 0.15) is 82.4 Å². The van der Waals surface area contributed by atoms with Gasteiger partial charge in [0.25, 0.3) is 0 Å². The van der Waals surface area contributed by atoms with Crippen molar-refractivity contribution in [2.75, 3.05) is 6.61 Å². The highest BCUT2D eigenvalue weighted by atomic mass is 19.2. The zero-order valence-electron chi connectivity index (χ0n) is 22.6. The fraction of sp³-hybridized carbons (Fsp3) is 0.412. The lowest BCUT2D eigenvalue weighted by molar-refractivity contribution is -0.0200. The quantitative estimate of drug-likeness (QED) is 0.180. The minimum absolute atomic E-state index is 0.0636. The summed E-state index contributed by atoms with van der Waals surface area (Å²) in [5, 5.41) is 0. The van der Waals surface area contributed by atoms with Gasteiger partial charge in [0.1, 0.15) is 5.82 Å². The zero-order chi connectivity index (χ0) is 26.9. The number of hydrogen-bond donors (Lipinski definition) is 0. The summed E-state index contributed by atoms with van der Waals surface area (Å²) < 4.78 is 50.8.